The van der Waals surface area contributed by atoms with E-state index in [0.29, 0.717) is 17.7 Å². The van der Waals surface area contributed by atoms with E-state index < -0.39 is 0 Å². The van der Waals surface area contributed by atoms with Crippen LogP contribution in [0, 0.1) is 0 Å². The molecule has 2 aliphatic rings. The number of amides is 1. The highest BCUT2D eigenvalue weighted by Crippen LogP contribution is 2.42. The minimum atomic E-state index is -0.0374. The van der Waals surface area contributed by atoms with Crippen LogP contribution in [0.25, 0.3) is 10.2 Å². The molecule has 0 aromatic carbocycles. The smallest absolute Gasteiger partial charge is 0.261 e. The first-order valence-electron chi connectivity index (χ1n) is 10.9. The van der Waals surface area contributed by atoms with Gasteiger partial charge < -0.3 is 20.9 Å². The van der Waals surface area contributed by atoms with Crippen molar-refractivity contribution < 1.29 is 4.79 Å². The molecule has 1 saturated heterocycles. The van der Waals surface area contributed by atoms with E-state index in [2.05, 4.69) is 36.9 Å². The Morgan fingerprint density at radius 3 is 2.68 bits per heavy atom. The minimum absolute atomic E-state index is 0.0374. The summed E-state index contributed by atoms with van der Waals surface area (Å²) in [7, 11) is 1.68. The summed E-state index contributed by atoms with van der Waals surface area (Å²) in [5, 5.41) is 9.38. The van der Waals surface area contributed by atoms with Crippen molar-refractivity contribution in [2.24, 2.45) is 0 Å². The van der Waals surface area contributed by atoms with Crippen LogP contribution in [0.1, 0.15) is 46.8 Å². The van der Waals surface area contributed by atoms with E-state index in [0.717, 1.165) is 65.4 Å². The molecular weight excluding hydrogens is 410 g/mol. The van der Waals surface area contributed by atoms with Crippen LogP contribution in [0.2, 0.25) is 0 Å². The Hall–Kier alpha value is -2.78. The largest absolute Gasteiger partial charge is 0.368 e. The first kappa shape index (κ1) is 20.1. The lowest BCUT2D eigenvalue weighted by atomic mass is 9.96. The molecule has 1 aliphatic heterocycles. The van der Waals surface area contributed by atoms with Crippen LogP contribution in [0.4, 0.5) is 17.5 Å². The van der Waals surface area contributed by atoms with Gasteiger partial charge in [0.1, 0.15) is 5.82 Å². The van der Waals surface area contributed by atoms with Crippen LogP contribution < -0.4 is 20.9 Å². The van der Waals surface area contributed by atoms with Crippen LogP contribution in [-0.2, 0) is 0 Å². The van der Waals surface area contributed by atoms with E-state index in [-0.39, 0.29) is 5.91 Å². The molecule has 5 rings (SSSR count). The number of fused-ring (bicyclic) bond motifs is 1. The van der Waals surface area contributed by atoms with Gasteiger partial charge in [-0.2, -0.15) is 0 Å². The van der Waals surface area contributed by atoms with Gasteiger partial charge in [-0.05, 0) is 30.9 Å². The van der Waals surface area contributed by atoms with E-state index >= 15 is 0 Å². The van der Waals surface area contributed by atoms with Crippen LogP contribution in [-0.4, -0.2) is 54.1 Å². The fourth-order valence-corrected chi connectivity index (χ4v) is 5.68. The highest BCUT2D eigenvalue weighted by Gasteiger charge is 2.28. The van der Waals surface area contributed by atoms with Crippen molar-refractivity contribution >= 4 is 44.9 Å². The van der Waals surface area contributed by atoms with Crippen molar-refractivity contribution in [2.45, 2.75) is 31.6 Å². The molecule has 8 nitrogen and oxygen atoms in total. The van der Waals surface area contributed by atoms with Gasteiger partial charge in [0, 0.05) is 38.8 Å². The fraction of sp³-hybridized carbons (Fsp3) is 0.455. The SMILES string of the molecule is CNC(=O)c1sc2cnc(Nc3ccc(N4CCNCC4)cn3)nc2c1C1CCCC1. The normalized spacial score (nSPS) is 17.3. The number of piperazine rings is 1. The van der Waals surface area contributed by atoms with Crippen molar-refractivity contribution in [3.05, 3.63) is 35.0 Å². The molecule has 0 spiro atoms. The zero-order chi connectivity index (χ0) is 21.2. The first-order chi connectivity index (χ1) is 15.2. The quantitative estimate of drug-likeness (QED) is 0.564. The Balaban J connectivity index is 1.42. The Labute approximate surface area is 185 Å². The molecule has 3 aromatic heterocycles. The van der Waals surface area contributed by atoms with Crippen LogP contribution in [0.5, 0.6) is 0 Å². The number of nitrogens with one attached hydrogen (secondary N) is 3. The second-order valence-corrected chi connectivity index (χ2v) is 9.13. The second kappa shape index (κ2) is 8.76. The molecule has 1 saturated carbocycles. The number of carbonyl (C=O) groups is 1. The number of hydrogen-bond acceptors (Lipinski definition) is 8. The summed E-state index contributed by atoms with van der Waals surface area (Å²) in [6.45, 7) is 3.97. The summed E-state index contributed by atoms with van der Waals surface area (Å²) in [6.07, 6.45) is 8.33. The Bertz CT molecular complexity index is 1070. The Morgan fingerprint density at radius 2 is 1.97 bits per heavy atom. The molecule has 3 aromatic rings. The summed E-state index contributed by atoms with van der Waals surface area (Å²) in [5.74, 6) is 1.57. The molecular formula is C22H27N7OS. The zero-order valence-electron chi connectivity index (χ0n) is 17.6. The molecule has 2 fully saturated rings. The second-order valence-electron chi connectivity index (χ2n) is 8.08. The molecule has 0 atom stereocenters. The lowest BCUT2D eigenvalue weighted by molar-refractivity contribution is 0.0966. The number of thiophene rings is 1. The third-order valence-electron chi connectivity index (χ3n) is 6.13. The van der Waals surface area contributed by atoms with Gasteiger partial charge in [0.05, 0.1) is 33.2 Å². The van der Waals surface area contributed by atoms with Crippen molar-refractivity contribution in [3.63, 3.8) is 0 Å². The number of nitrogens with zero attached hydrogens (tertiary/aromatic N) is 4. The summed E-state index contributed by atoms with van der Waals surface area (Å²) in [5.41, 5.74) is 3.11. The number of carbonyl (C=O) groups excluding carboxylic acids is 1. The van der Waals surface area contributed by atoms with Gasteiger partial charge in [-0.1, -0.05) is 12.8 Å². The minimum Gasteiger partial charge on any atom is -0.368 e. The molecule has 4 heterocycles. The standard InChI is InChI=1S/C22H27N7OS/c1-23-21(30)20-18(14-4-2-3-5-14)19-16(31-20)13-26-22(28-19)27-17-7-6-15(12-25-17)29-10-8-24-9-11-29/h6-7,12-14,24H,2-5,8-11H2,1H3,(H,23,30)(H,25,26,27,28). The molecule has 0 bridgehead atoms. The third kappa shape index (κ3) is 4.07. The molecule has 0 radical (unpaired) electrons. The van der Waals surface area contributed by atoms with Gasteiger partial charge in [0.2, 0.25) is 5.95 Å². The van der Waals surface area contributed by atoms with E-state index in [4.69, 9.17) is 4.98 Å². The van der Waals surface area contributed by atoms with E-state index in [1.54, 1.807) is 7.05 Å². The summed E-state index contributed by atoms with van der Waals surface area (Å²) in [6, 6.07) is 4.05. The van der Waals surface area contributed by atoms with Crippen LogP contribution in [0.15, 0.2) is 24.5 Å². The monoisotopic (exact) mass is 437 g/mol. The van der Waals surface area contributed by atoms with Crippen molar-refractivity contribution in [1.82, 2.24) is 25.6 Å². The molecule has 1 aliphatic carbocycles. The molecule has 3 N–H and O–H groups in total. The lowest BCUT2D eigenvalue weighted by Gasteiger charge is -2.29. The molecule has 0 unspecified atom stereocenters. The maximum Gasteiger partial charge on any atom is 0.261 e. The maximum atomic E-state index is 12.5. The maximum absolute atomic E-state index is 12.5. The van der Waals surface area contributed by atoms with Gasteiger partial charge in [-0.3, -0.25) is 4.79 Å². The molecule has 1 amide bonds. The number of anilines is 3. The van der Waals surface area contributed by atoms with Gasteiger partial charge in [0.15, 0.2) is 0 Å². The molecule has 9 heteroatoms. The fourth-order valence-electron chi connectivity index (χ4n) is 4.53. The lowest BCUT2D eigenvalue weighted by Crippen LogP contribution is -2.43. The van der Waals surface area contributed by atoms with Gasteiger partial charge >= 0.3 is 0 Å². The average Bonchev–Trinajstić information content (AvgIpc) is 3.47. The third-order valence-corrected chi connectivity index (χ3v) is 7.26. The van der Waals surface area contributed by atoms with Crippen LogP contribution in [0.3, 0.4) is 0 Å². The predicted octanol–water partition coefficient (Wildman–Crippen LogP) is 3.26. The van der Waals surface area contributed by atoms with E-state index in [9.17, 15) is 4.79 Å². The average molecular weight is 438 g/mol. The number of rotatable bonds is 5. The highest BCUT2D eigenvalue weighted by atomic mass is 32.1. The zero-order valence-corrected chi connectivity index (χ0v) is 18.5. The van der Waals surface area contributed by atoms with Gasteiger partial charge in [-0.25, -0.2) is 15.0 Å². The first-order valence-corrected chi connectivity index (χ1v) is 11.7. The molecule has 31 heavy (non-hydrogen) atoms. The van der Waals surface area contributed by atoms with Crippen LogP contribution >= 0.6 is 11.3 Å². The summed E-state index contributed by atoms with van der Waals surface area (Å²) >= 11 is 1.49. The summed E-state index contributed by atoms with van der Waals surface area (Å²) in [4.78, 5) is 29.5. The number of aromatic nitrogens is 3. The highest BCUT2D eigenvalue weighted by molar-refractivity contribution is 7.21. The van der Waals surface area contributed by atoms with Gasteiger partial charge in [0.25, 0.3) is 5.91 Å². The molecule has 162 valence electrons. The van der Waals surface area contributed by atoms with Crippen molar-refractivity contribution in [2.75, 3.05) is 43.4 Å². The van der Waals surface area contributed by atoms with Crippen molar-refractivity contribution in [3.8, 4) is 0 Å². The Kier molecular flexibility index (Phi) is 5.69. The Morgan fingerprint density at radius 1 is 1.16 bits per heavy atom. The van der Waals surface area contributed by atoms with E-state index in [1.807, 2.05) is 18.5 Å². The topological polar surface area (TPSA) is 95.1 Å². The van der Waals surface area contributed by atoms with Crippen molar-refractivity contribution in [1.29, 1.82) is 0 Å². The number of pyridine rings is 1. The number of hydrogen-bond donors (Lipinski definition) is 3. The predicted molar refractivity (Wildman–Crippen MR) is 125 cm³/mol. The van der Waals surface area contributed by atoms with Gasteiger partial charge in [-0.15, -0.1) is 11.3 Å². The van der Waals surface area contributed by atoms with E-state index in [1.165, 1.54) is 24.2 Å². The summed E-state index contributed by atoms with van der Waals surface area (Å²) < 4.78 is 0.952.